The minimum Gasteiger partial charge on any atom is -0.479 e. The molecule has 1 fully saturated rings. The summed E-state index contributed by atoms with van der Waals surface area (Å²) in [5, 5.41) is 19.7. The molecule has 1 aromatic heterocycles. The number of aryl methyl sites for hydroxylation is 1. The Morgan fingerprint density at radius 3 is 2.90 bits per heavy atom. The lowest BCUT2D eigenvalue weighted by Gasteiger charge is -2.31. The highest BCUT2D eigenvalue weighted by atomic mass is 16.6. The van der Waals surface area contributed by atoms with Crippen molar-refractivity contribution >= 4 is 17.6 Å². The van der Waals surface area contributed by atoms with Crippen LogP contribution in [0.25, 0.3) is 0 Å². The van der Waals surface area contributed by atoms with E-state index in [-0.39, 0.29) is 30.9 Å². The van der Waals surface area contributed by atoms with Crippen LogP contribution in [-0.4, -0.2) is 57.6 Å². The number of aliphatic carboxylic acids is 1. The average Bonchev–Trinajstić information content (AvgIpc) is 2.47. The molecule has 1 aliphatic heterocycles. The molecule has 0 bridgehead atoms. The summed E-state index contributed by atoms with van der Waals surface area (Å²) in [5.74, 6) is -1.64. The molecule has 9 heteroatoms. The monoisotopic (exact) mass is 295 g/mol. The second-order valence-corrected chi connectivity index (χ2v) is 4.53. The number of hydrogen-bond acceptors (Lipinski definition) is 6. The number of ether oxygens (including phenoxy) is 1. The number of carbonyl (C=O) groups is 2. The predicted molar refractivity (Wildman–Crippen MR) is 68.9 cm³/mol. The maximum atomic E-state index is 12.4. The fraction of sp³-hybridized carbons (Fsp3) is 0.417. The van der Waals surface area contributed by atoms with Gasteiger partial charge in [-0.05, 0) is 6.92 Å². The second-order valence-electron chi connectivity index (χ2n) is 4.53. The largest absolute Gasteiger partial charge is 0.479 e. The molecule has 0 spiro atoms. The van der Waals surface area contributed by atoms with Crippen molar-refractivity contribution in [2.24, 2.45) is 0 Å². The number of aromatic nitrogens is 1. The highest BCUT2D eigenvalue weighted by Gasteiger charge is 2.30. The summed E-state index contributed by atoms with van der Waals surface area (Å²) < 4.78 is 5.03. The topological polar surface area (TPSA) is 123 Å². The molecular weight excluding hydrogens is 282 g/mol. The number of nitro groups is 1. The number of carboxylic acids is 1. The van der Waals surface area contributed by atoms with E-state index in [0.29, 0.717) is 5.69 Å². The zero-order valence-electron chi connectivity index (χ0n) is 11.2. The summed E-state index contributed by atoms with van der Waals surface area (Å²) in [6.45, 7) is 1.79. The molecule has 0 aromatic carbocycles. The lowest BCUT2D eigenvalue weighted by Crippen LogP contribution is -2.48. The van der Waals surface area contributed by atoms with E-state index in [1.807, 2.05) is 0 Å². The molecule has 2 heterocycles. The molecule has 21 heavy (non-hydrogen) atoms. The van der Waals surface area contributed by atoms with Crippen LogP contribution < -0.4 is 0 Å². The van der Waals surface area contributed by atoms with Gasteiger partial charge in [0.1, 0.15) is 6.20 Å². The fourth-order valence-corrected chi connectivity index (χ4v) is 1.99. The quantitative estimate of drug-likeness (QED) is 0.625. The van der Waals surface area contributed by atoms with E-state index in [4.69, 9.17) is 9.84 Å². The Bertz CT molecular complexity index is 603. The Kier molecular flexibility index (Phi) is 4.13. The molecule has 112 valence electrons. The van der Waals surface area contributed by atoms with E-state index >= 15 is 0 Å². The maximum Gasteiger partial charge on any atom is 0.334 e. The zero-order chi connectivity index (χ0) is 15.6. The Labute approximate surface area is 119 Å². The third-order valence-electron chi connectivity index (χ3n) is 3.14. The molecule has 1 aromatic rings. The SMILES string of the molecule is Cc1ncc([N+](=O)[O-])cc1C(=O)N1CCOC(C(=O)O)C1. The van der Waals surface area contributed by atoms with Crippen LogP contribution in [0.1, 0.15) is 16.1 Å². The van der Waals surface area contributed by atoms with Gasteiger partial charge in [-0.1, -0.05) is 0 Å². The van der Waals surface area contributed by atoms with E-state index in [9.17, 15) is 19.7 Å². The summed E-state index contributed by atoms with van der Waals surface area (Å²) in [6.07, 6.45) is -0.0134. The fourth-order valence-electron chi connectivity index (χ4n) is 1.99. The van der Waals surface area contributed by atoms with Gasteiger partial charge >= 0.3 is 5.97 Å². The number of amides is 1. The van der Waals surface area contributed by atoms with Crippen LogP contribution in [0.15, 0.2) is 12.3 Å². The van der Waals surface area contributed by atoms with Crippen molar-refractivity contribution in [3.05, 3.63) is 33.6 Å². The molecular formula is C12H13N3O6. The van der Waals surface area contributed by atoms with Crippen molar-refractivity contribution in [3.63, 3.8) is 0 Å². The molecule has 1 saturated heterocycles. The number of carboxylic acid groups (broad SMARTS) is 1. The van der Waals surface area contributed by atoms with Gasteiger partial charge in [-0.25, -0.2) is 4.79 Å². The Balaban J connectivity index is 2.25. The maximum absolute atomic E-state index is 12.4. The van der Waals surface area contributed by atoms with E-state index in [2.05, 4.69) is 4.98 Å². The molecule has 1 N–H and O–H groups in total. The van der Waals surface area contributed by atoms with E-state index in [0.717, 1.165) is 12.3 Å². The molecule has 9 nitrogen and oxygen atoms in total. The van der Waals surface area contributed by atoms with Crippen molar-refractivity contribution in [2.45, 2.75) is 13.0 Å². The predicted octanol–water partition coefficient (Wildman–Crippen LogP) is 0.224. The first-order chi connectivity index (χ1) is 9.90. The molecule has 1 atom stereocenters. The van der Waals surface area contributed by atoms with Crippen molar-refractivity contribution < 1.29 is 24.4 Å². The molecule has 0 saturated carbocycles. The minimum absolute atomic E-state index is 0.0928. The lowest BCUT2D eigenvalue weighted by molar-refractivity contribution is -0.385. The first-order valence-electron chi connectivity index (χ1n) is 6.15. The van der Waals surface area contributed by atoms with Gasteiger partial charge in [0.05, 0.1) is 29.3 Å². The van der Waals surface area contributed by atoms with Gasteiger partial charge in [-0.3, -0.25) is 19.9 Å². The van der Waals surface area contributed by atoms with Crippen molar-refractivity contribution in [3.8, 4) is 0 Å². The molecule has 2 rings (SSSR count). The van der Waals surface area contributed by atoms with E-state index in [1.54, 1.807) is 6.92 Å². The zero-order valence-corrected chi connectivity index (χ0v) is 11.2. The number of pyridine rings is 1. The summed E-state index contributed by atoms with van der Waals surface area (Å²) in [5.41, 5.74) is 0.159. The third-order valence-corrected chi connectivity index (χ3v) is 3.14. The van der Waals surface area contributed by atoms with Crippen LogP contribution in [0.5, 0.6) is 0 Å². The number of carbonyl (C=O) groups excluding carboxylic acids is 1. The van der Waals surface area contributed by atoms with Gasteiger partial charge in [0, 0.05) is 12.6 Å². The molecule has 1 amide bonds. The highest BCUT2D eigenvalue weighted by Crippen LogP contribution is 2.18. The molecule has 0 radical (unpaired) electrons. The van der Waals surface area contributed by atoms with Crippen molar-refractivity contribution in [1.29, 1.82) is 0 Å². The minimum atomic E-state index is -1.15. The Morgan fingerprint density at radius 2 is 2.29 bits per heavy atom. The average molecular weight is 295 g/mol. The first-order valence-corrected chi connectivity index (χ1v) is 6.15. The summed E-state index contributed by atoms with van der Waals surface area (Å²) in [6, 6.07) is 1.15. The lowest BCUT2D eigenvalue weighted by atomic mass is 10.1. The Morgan fingerprint density at radius 1 is 1.57 bits per heavy atom. The van der Waals surface area contributed by atoms with Gasteiger partial charge in [0.15, 0.2) is 6.10 Å². The van der Waals surface area contributed by atoms with Crippen LogP contribution >= 0.6 is 0 Å². The van der Waals surface area contributed by atoms with Crippen LogP contribution in [0.3, 0.4) is 0 Å². The van der Waals surface area contributed by atoms with Crippen molar-refractivity contribution in [1.82, 2.24) is 9.88 Å². The second kappa shape index (κ2) is 5.83. The van der Waals surface area contributed by atoms with Crippen LogP contribution in [0, 0.1) is 17.0 Å². The normalized spacial score (nSPS) is 18.3. The van der Waals surface area contributed by atoms with E-state index in [1.165, 1.54) is 4.90 Å². The Hall–Kier alpha value is -2.55. The number of morpholine rings is 1. The van der Waals surface area contributed by atoms with Crippen LogP contribution in [0.4, 0.5) is 5.69 Å². The van der Waals surface area contributed by atoms with Gasteiger partial charge in [0.2, 0.25) is 0 Å². The summed E-state index contributed by atoms with van der Waals surface area (Å²) in [4.78, 5) is 38.5. The molecule has 1 aliphatic rings. The van der Waals surface area contributed by atoms with Gasteiger partial charge in [-0.15, -0.1) is 0 Å². The van der Waals surface area contributed by atoms with Crippen molar-refractivity contribution in [2.75, 3.05) is 19.7 Å². The number of nitrogens with zero attached hydrogens (tertiary/aromatic N) is 3. The smallest absolute Gasteiger partial charge is 0.334 e. The first kappa shape index (κ1) is 14.9. The van der Waals surface area contributed by atoms with Crippen LogP contribution in [-0.2, 0) is 9.53 Å². The number of hydrogen-bond donors (Lipinski definition) is 1. The van der Waals surface area contributed by atoms with Gasteiger partial charge in [-0.2, -0.15) is 0 Å². The number of rotatable bonds is 3. The van der Waals surface area contributed by atoms with Gasteiger partial charge in [0.25, 0.3) is 11.6 Å². The summed E-state index contributed by atoms with van der Waals surface area (Å²) in [7, 11) is 0. The molecule has 0 aliphatic carbocycles. The highest BCUT2D eigenvalue weighted by molar-refractivity contribution is 5.96. The van der Waals surface area contributed by atoms with E-state index < -0.39 is 22.9 Å². The summed E-state index contributed by atoms with van der Waals surface area (Å²) >= 11 is 0. The molecule has 1 unspecified atom stereocenters. The van der Waals surface area contributed by atoms with Crippen LogP contribution in [0.2, 0.25) is 0 Å². The van der Waals surface area contributed by atoms with Gasteiger partial charge < -0.3 is 14.7 Å². The third kappa shape index (κ3) is 3.14. The standard InChI is InChI=1S/C12H13N3O6/c1-7-9(4-8(5-13-7)15(19)20)11(16)14-2-3-21-10(6-14)12(17)18/h4-5,10H,2-3,6H2,1H3,(H,17,18).